The highest BCUT2D eigenvalue weighted by Crippen LogP contribution is 2.19. The fourth-order valence-electron chi connectivity index (χ4n) is 3.39. The van der Waals surface area contributed by atoms with Crippen LogP contribution in [0.25, 0.3) is 0 Å². The average molecular weight is 432 g/mol. The van der Waals surface area contributed by atoms with Crippen LogP contribution in [0.3, 0.4) is 0 Å². The lowest BCUT2D eigenvalue weighted by atomic mass is 10.2. The highest BCUT2D eigenvalue weighted by Gasteiger charge is 2.33. The molecule has 0 radical (unpaired) electrons. The first-order valence-electron chi connectivity index (χ1n) is 9.23. The van der Waals surface area contributed by atoms with Crippen LogP contribution in [0.4, 0.5) is 0 Å². The maximum absolute atomic E-state index is 12.8. The molecular weight excluding hydrogens is 406 g/mol. The normalized spacial score (nSPS) is 20.5. The van der Waals surface area contributed by atoms with Gasteiger partial charge in [0.2, 0.25) is 15.9 Å². The molecular formula is C18H26ClN3O5S. The number of amides is 1. The fourth-order valence-corrected chi connectivity index (χ4v) is 4.81. The molecule has 1 aromatic rings. The molecule has 1 atom stereocenters. The summed E-state index contributed by atoms with van der Waals surface area (Å²) in [6.07, 6.45) is 1.83. The quantitative estimate of drug-likeness (QED) is 0.695. The van der Waals surface area contributed by atoms with Crippen molar-refractivity contribution in [3.63, 3.8) is 0 Å². The Morgan fingerprint density at radius 3 is 2.32 bits per heavy atom. The SMILES string of the molecule is CCOC(=O)c1ccc(S(=O)(=O)N2CCN(C(=O)C3CCCN3)CC2)cc1.Cl. The number of ether oxygens (including phenoxy) is 1. The molecule has 1 unspecified atom stereocenters. The number of carbonyl (C=O) groups is 2. The molecule has 2 heterocycles. The van der Waals surface area contributed by atoms with E-state index >= 15 is 0 Å². The monoisotopic (exact) mass is 431 g/mol. The summed E-state index contributed by atoms with van der Waals surface area (Å²) in [7, 11) is -3.66. The Bertz CT molecular complexity index is 786. The molecule has 0 aliphatic carbocycles. The van der Waals surface area contributed by atoms with E-state index in [-0.39, 0.29) is 48.9 Å². The number of hydrogen-bond acceptors (Lipinski definition) is 6. The number of benzene rings is 1. The minimum Gasteiger partial charge on any atom is -0.462 e. The predicted molar refractivity (Wildman–Crippen MR) is 106 cm³/mol. The van der Waals surface area contributed by atoms with Crippen LogP contribution in [0.5, 0.6) is 0 Å². The van der Waals surface area contributed by atoms with Crippen molar-refractivity contribution in [2.45, 2.75) is 30.7 Å². The van der Waals surface area contributed by atoms with Crippen molar-refractivity contribution in [1.82, 2.24) is 14.5 Å². The molecule has 2 saturated heterocycles. The number of esters is 1. The van der Waals surface area contributed by atoms with Gasteiger partial charge in [0.25, 0.3) is 0 Å². The number of nitrogens with one attached hydrogen (secondary N) is 1. The molecule has 1 N–H and O–H groups in total. The molecule has 1 amide bonds. The van der Waals surface area contributed by atoms with Crippen molar-refractivity contribution in [1.29, 1.82) is 0 Å². The Morgan fingerprint density at radius 1 is 1.14 bits per heavy atom. The van der Waals surface area contributed by atoms with Crippen molar-refractivity contribution >= 4 is 34.3 Å². The van der Waals surface area contributed by atoms with E-state index in [0.717, 1.165) is 19.4 Å². The second-order valence-electron chi connectivity index (χ2n) is 6.62. The van der Waals surface area contributed by atoms with Gasteiger partial charge in [-0.3, -0.25) is 4.79 Å². The molecule has 8 nitrogen and oxygen atoms in total. The van der Waals surface area contributed by atoms with Crippen LogP contribution in [0.15, 0.2) is 29.2 Å². The zero-order valence-electron chi connectivity index (χ0n) is 15.8. The molecule has 10 heteroatoms. The number of hydrogen-bond donors (Lipinski definition) is 1. The van der Waals surface area contributed by atoms with Crippen molar-refractivity contribution in [2.75, 3.05) is 39.3 Å². The number of rotatable bonds is 5. The first-order valence-corrected chi connectivity index (χ1v) is 10.7. The van der Waals surface area contributed by atoms with E-state index in [4.69, 9.17) is 4.74 Å². The summed E-state index contributed by atoms with van der Waals surface area (Å²) in [5, 5.41) is 3.18. The molecule has 2 aliphatic heterocycles. The van der Waals surface area contributed by atoms with Crippen LogP contribution in [-0.4, -0.2) is 74.9 Å². The summed E-state index contributed by atoms with van der Waals surface area (Å²) >= 11 is 0. The molecule has 0 aromatic heterocycles. The second kappa shape index (κ2) is 9.69. The lowest BCUT2D eigenvalue weighted by Gasteiger charge is -2.35. The zero-order chi connectivity index (χ0) is 19.4. The van der Waals surface area contributed by atoms with Crippen molar-refractivity contribution < 1.29 is 22.7 Å². The number of nitrogens with zero attached hydrogens (tertiary/aromatic N) is 2. The predicted octanol–water partition coefficient (Wildman–Crippen LogP) is 0.870. The average Bonchev–Trinajstić information content (AvgIpc) is 3.22. The van der Waals surface area contributed by atoms with Crippen LogP contribution in [0.1, 0.15) is 30.1 Å². The Hall–Kier alpha value is -1.68. The van der Waals surface area contributed by atoms with Crippen LogP contribution < -0.4 is 5.32 Å². The number of carbonyl (C=O) groups excluding carboxylic acids is 2. The van der Waals surface area contributed by atoms with Crippen LogP contribution in [-0.2, 0) is 19.6 Å². The van der Waals surface area contributed by atoms with Crippen molar-refractivity contribution in [3.05, 3.63) is 29.8 Å². The summed E-state index contributed by atoms with van der Waals surface area (Å²) in [6, 6.07) is 5.61. The first-order chi connectivity index (χ1) is 12.9. The van der Waals surface area contributed by atoms with E-state index in [1.165, 1.54) is 28.6 Å². The highest BCUT2D eigenvalue weighted by atomic mass is 35.5. The maximum atomic E-state index is 12.8. The van der Waals surface area contributed by atoms with Gasteiger partial charge >= 0.3 is 5.97 Å². The minimum atomic E-state index is -3.66. The third-order valence-corrected chi connectivity index (χ3v) is 6.82. The number of sulfonamides is 1. The lowest BCUT2D eigenvalue weighted by Crippen LogP contribution is -2.54. The standard InChI is InChI=1S/C18H25N3O5S.ClH/c1-2-26-18(23)14-5-7-15(8-6-14)27(24,25)21-12-10-20(11-13-21)17(22)16-4-3-9-19-16;/h5-8,16,19H,2-4,9-13H2,1H3;1H. The Kier molecular flexibility index (Phi) is 7.82. The van der Waals surface area contributed by atoms with Gasteiger partial charge in [0.15, 0.2) is 0 Å². The molecule has 28 heavy (non-hydrogen) atoms. The summed E-state index contributed by atoms with van der Waals surface area (Å²) in [6.45, 7) is 4.13. The minimum absolute atomic E-state index is 0. The van der Waals surface area contributed by atoms with Crippen molar-refractivity contribution in [2.24, 2.45) is 0 Å². The molecule has 156 valence electrons. The van der Waals surface area contributed by atoms with Gasteiger partial charge in [-0.25, -0.2) is 13.2 Å². The van der Waals surface area contributed by atoms with Gasteiger partial charge in [-0.05, 0) is 50.6 Å². The summed E-state index contributed by atoms with van der Waals surface area (Å²) in [4.78, 5) is 26.0. The maximum Gasteiger partial charge on any atom is 0.338 e. The Labute approximate surface area is 171 Å². The molecule has 1 aromatic carbocycles. The number of halogens is 1. The first kappa shape index (κ1) is 22.6. The van der Waals surface area contributed by atoms with Crippen LogP contribution >= 0.6 is 12.4 Å². The summed E-state index contributed by atoms with van der Waals surface area (Å²) < 4.78 is 31.9. The smallest absolute Gasteiger partial charge is 0.338 e. The second-order valence-corrected chi connectivity index (χ2v) is 8.56. The Morgan fingerprint density at radius 2 is 1.79 bits per heavy atom. The molecule has 0 saturated carbocycles. The van der Waals surface area contributed by atoms with Crippen LogP contribution in [0, 0.1) is 0 Å². The number of piperazine rings is 1. The third-order valence-electron chi connectivity index (χ3n) is 4.91. The molecule has 0 spiro atoms. The summed E-state index contributed by atoms with van der Waals surface area (Å²) in [5.41, 5.74) is 0.315. The van der Waals surface area contributed by atoms with Crippen molar-refractivity contribution in [3.8, 4) is 0 Å². The van der Waals surface area contributed by atoms with Crippen LogP contribution in [0.2, 0.25) is 0 Å². The van der Waals surface area contributed by atoms with Gasteiger partial charge in [0.05, 0.1) is 23.1 Å². The molecule has 3 rings (SSSR count). The van der Waals surface area contributed by atoms with E-state index in [1.54, 1.807) is 11.8 Å². The summed E-state index contributed by atoms with van der Waals surface area (Å²) in [5.74, 6) is -0.419. The van der Waals surface area contributed by atoms with Gasteiger partial charge < -0.3 is 15.0 Å². The molecule has 2 fully saturated rings. The van der Waals surface area contributed by atoms with Gasteiger partial charge in [0.1, 0.15) is 0 Å². The van der Waals surface area contributed by atoms with E-state index < -0.39 is 16.0 Å². The largest absolute Gasteiger partial charge is 0.462 e. The molecule has 0 bridgehead atoms. The lowest BCUT2D eigenvalue weighted by molar-refractivity contribution is -0.134. The third kappa shape index (κ3) is 4.83. The topological polar surface area (TPSA) is 96.0 Å². The van der Waals surface area contributed by atoms with E-state index in [0.29, 0.717) is 18.7 Å². The van der Waals surface area contributed by atoms with Gasteiger partial charge in [-0.2, -0.15) is 4.31 Å². The van der Waals surface area contributed by atoms with Gasteiger partial charge in [0, 0.05) is 26.2 Å². The zero-order valence-corrected chi connectivity index (χ0v) is 17.4. The van der Waals surface area contributed by atoms with E-state index in [2.05, 4.69) is 5.32 Å². The highest BCUT2D eigenvalue weighted by molar-refractivity contribution is 7.89. The van der Waals surface area contributed by atoms with E-state index in [9.17, 15) is 18.0 Å². The van der Waals surface area contributed by atoms with Gasteiger partial charge in [-0.1, -0.05) is 0 Å². The fraction of sp³-hybridized carbons (Fsp3) is 0.556. The van der Waals surface area contributed by atoms with Gasteiger partial charge in [-0.15, -0.1) is 12.4 Å². The Balaban J connectivity index is 0.00000280. The molecule has 2 aliphatic rings. The van der Waals surface area contributed by atoms with E-state index in [1.807, 2.05) is 0 Å².